The number of nitrogens with zero attached hydrogens (tertiary/aromatic N) is 3. The van der Waals surface area contributed by atoms with Crippen LogP contribution in [0.2, 0.25) is 5.02 Å². The first kappa shape index (κ1) is 27.0. The molecule has 3 aliphatic rings. The van der Waals surface area contributed by atoms with E-state index in [0.717, 1.165) is 5.56 Å². The van der Waals surface area contributed by atoms with E-state index in [-0.39, 0.29) is 37.5 Å². The number of aromatic nitrogens is 1. The summed E-state index contributed by atoms with van der Waals surface area (Å²) in [6, 6.07) is 9.99. The quantitative estimate of drug-likeness (QED) is 0.432. The van der Waals surface area contributed by atoms with Crippen LogP contribution >= 0.6 is 11.6 Å². The van der Waals surface area contributed by atoms with E-state index >= 15 is 4.39 Å². The van der Waals surface area contributed by atoms with Crippen LogP contribution in [0.4, 0.5) is 14.9 Å². The summed E-state index contributed by atoms with van der Waals surface area (Å²) in [7, 11) is 0. The SMILES string of the molecule is CC1(O)CN(Cc2ccc(C3(O)COC3)c(Cl)c2)CCC1c1ccc2ncc(N3CCC(=O)NC3=O)cc2c1F. The second kappa shape index (κ2) is 10.0. The summed E-state index contributed by atoms with van der Waals surface area (Å²) in [6.45, 7) is 3.86. The number of carbonyl (C=O) groups excluding carboxylic acids is 2. The highest BCUT2D eigenvalue weighted by Crippen LogP contribution is 2.40. The van der Waals surface area contributed by atoms with Crippen molar-refractivity contribution in [2.45, 2.75) is 43.4 Å². The standard InChI is InChI=1S/C29H30ClFN4O5/c1-28(38)14-34(13-17-2-4-22(23(30)10-17)29(39)15-40-16-29)8-6-21(28)19-3-5-24-20(26(19)31)11-18(12-32-24)35-9-7-25(36)33-27(35)37/h2-5,10-12,21,38-39H,6-9,13-16H2,1H3,(H,33,36,37). The fourth-order valence-electron chi connectivity index (χ4n) is 6.03. The summed E-state index contributed by atoms with van der Waals surface area (Å²) in [6.07, 6.45) is 2.17. The Kier molecular flexibility index (Phi) is 6.79. The smallest absolute Gasteiger partial charge is 0.328 e. The number of β-amino-alcohol motifs (C(OH)–C–C–N with tert-alkyl or cyclic N) is 1. The number of pyridine rings is 1. The first-order valence-electron chi connectivity index (χ1n) is 13.3. The van der Waals surface area contributed by atoms with Crippen LogP contribution in [-0.2, 0) is 21.7 Å². The number of halogens is 2. The van der Waals surface area contributed by atoms with Gasteiger partial charge in [0, 0.05) is 47.9 Å². The van der Waals surface area contributed by atoms with E-state index in [9.17, 15) is 19.8 Å². The lowest BCUT2D eigenvalue weighted by Crippen LogP contribution is -2.50. The van der Waals surface area contributed by atoms with Crippen LogP contribution in [0, 0.1) is 5.82 Å². The van der Waals surface area contributed by atoms with Crippen molar-refractivity contribution in [3.05, 3.63) is 70.1 Å². The van der Waals surface area contributed by atoms with Gasteiger partial charge in [-0.3, -0.25) is 24.9 Å². The summed E-state index contributed by atoms with van der Waals surface area (Å²) in [4.78, 5) is 31.6. The van der Waals surface area contributed by atoms with E-state index < -0.39 is 29.0 Å². The molecule has 0 spiro atoms. The topological polar surface area (TPSA) is 115 Å². The fourth-order valence-corrected chi connectivity index (χ4v) is 6.41. The number of piperidine rings is 1. The third kappa shape index (κ3) is 4.84. The molecule has 40 heavy (non-hydrogen) atoms. The lowest BCUT2D eigenvalue weighted by molar-refractivity contribution is -0.184. The number of anilines is 1. The van der Waals surface area contributed by atoms with Gasteiger partial charge >= 0.3 is 6.03 Å². The summed E-state index contributed by atoms with van der Waals surface area (Å²) in [5.74, 6) is -1.27. The van der Waals surface area contributed by atoms with Crippen molar-refractivity contribution >= 4 is 40.1 Å². The lowest BCUT2D eigenvalue weighted by Gasteiger charge is -2.43. The summed E-state index contributed by atoms with van der Waals surface area (Å²) >= 11 is 6.47. The molecule has 1 aromatic heterocycles. The molecule has 3 aromatic rings. The van der Waals surface area contributed by atoms with Gasteiger partial charge in [0.05, 0.1) is 36.2 Å². The van der Waals surface area contributed by atoms with E-state index in [0.29, 0.717) is 53.4 Å². The number of rotatable bonds is 5. The Hall–Kier alpha value is -3.15. The van der Waals surface area contributed by atoms with Gasteiger partial charge in [0.15, 0.2) is 0 Å². The zero-order valence-corrected chi connectivity index (χ0v) is 22.7. The second-order valence-corrected chi connectivity index (χ2v) is 11.6. The van der Waals surface area contributed by atoms with Crippen molar-refractivity contribution in [2.75, 3.05) is 37.7 Å². The first-order chi connectivity index (χ1) is 19.0. The number of nitrogens with one attached hydrogen (secondary N) is 1. The number of carbonyl (C=O) groups is 2. The molecule has 3 aliphatic heterocycles. The van der Waals surface area contributed by atoms with Gasteiger partial charge in [-0.2, -0.15) is 0 Å². The first-order valence-corrected chi connectivity index (χ1v) is 13.7. The molecular weight excluding hydrogens is 539 g/mol. The molecule has 9 nitrogen and oxygen atoms in total. The predicted octanol–water partition coefficient (Wildman–Crippen LogP) is 3.43. The minimum atomic E-state index is -1.22. The number of hydrogen-bond donors (Lipinski definition) is 3. The molecule has 0 bridgehead atoms. The number of fused-ring (bicyclic) bond motifs is 1. The zero-order chi connectivity index (χ0) is 28.2. The van der Waals surface area contributed by atoms with Crippen LogP contribution in [0.25, 0.3) is 10.9 Å². The van der Waals surface area contributed by atoms with Crippen molar-refractivity contribution in [2.24, 2.45) is 0 Å². The van der Waals surface area contributed by atoms with Gasteiger partial charge in [-0.15, -0.1) is 0 Å². The van der Waals surface area contributed by atoms with Crippen LogP contribution in [0.3, 0.4) is 0 Å². The highest BCUT2D eigenvalue weighted by Gasteiger charge is 2.41. The Morgan fingerprint density at radius 2 is 1.98 bits per heavy atom. The van der Waals surface area contributed by atoms with Gasteiger partial charge in [-0.05, 0) is 49.2 Å². The van der Waals surface area contributed by atoms with E-state index in [2.05, 4.69) is 15.2 Å². The Morgan fingerprint density at radius 1 is 1.18 bits per heavy atom. The predicted molar refractivity (Wildman–Crippen MR) is 147 cm³/mol. The number of benzene rings is 2. The number of amides is 3. The van der Waals surface area contributed by atoms with Gasteiger partial charge in [-0.1, -0.05) is 29.8 Å². The Labute approximate surface area is 235 Å². The number of imide groups is 1. The van der Waals surface area contributed by atoms with E-state index in [1.807, 2.05) is 18.2 Å². The molecule has 11 heteroatoms. The molecule has 210 valence electrons. The summed E-state index contributed by atoms with van der Waals surface area (Å²) in [5, 5.41) is 25.1. The minimum Gasteiger partial charge on any atom is -0.388 e. The van der Waals surface area contributed by atoms with Crippen molar-refractivity contribution in [1.82, 2.24) is 15.2 Å². The van der Waals surface area contributed by atoms with Crippen molar-refractivity contribution in [3.8, 4) is 0 Å². The number of hydrogen-bond acceptors (Lipinski definition) is 7. The van der Waals surface area contributed by atoms with E-state index in [1.54, 1.807) is 25.1 Å². The molecular formula is C29H30ClFN4O5. The van der Waals surface area contributed by atoms with Crippen molar-refractivity contribution in [3.63, 3.8) is 0 Å². The molecule has 3 amide bonds. The molecule has 0 radical (unpaired) electrons. The monoisotopic (exact) mass is 568 g/mol. The average Bonchev–Trinajstić information content (AvgIpc) is 2.88. The second-order valence-electron chi connectivity index (χ2n) is 11.2. The zero-order valence-electron chi connectivity index (χ0n) is 22.0. The molecule has 2 aromatic carbocycles. The van der Waals surface area contributed by atoms with Crippen molar-refractivity contribution in [1.29, 1.82) is 0 Å². The molecule has 3 saturated heterocycles. The number of aliphatic hydroxyl groups is 2. The fraction of sp³-hybridized carbons (Fsp3) is 0.414. The van der Waals surface area contributed by atoms with E-state index in [4.69, 9.17) is 16.3 Å². The molecule has 4 heterocycles. The normalized spacial score (nSPS) is 25.1. The molecule has 2 unspecified atom stereocenters. The van der Waals surface area contributed by atoms with Crippen LogP contribution in [0.1, 0.15) is 42.4 Å². The summed E-state index contributed by atoms with van der Waals surface area (Å²) < 4.78 is 21.1. The average molecular weight is 569 g/mol. The van der Waals surface area contributed by atoms with Gasteiger partial charge in [0.1, 0.15) is 11.4 Å². The molecule has 3 fully saturated rings. The van der Waals surface area contributed by atoms with Gasteiger partial charge < -0.3 is 14.9 Å². The maximum Gasteiger partial charge on any atom is 0.328 e. The number of ether oxygens (including phenoxy) is 1. The maximum absolute atomic E-state index is 16.0. The molecule has 2 atom stereocenters. The van der Waals surface area contributed by atoms with E-state index in [1.165, 1.54) is 11.1 Å². The molecule has 3 N–H and O–H groups in total. The largest absolute Gasteiger partial charge is 0.388 e. The van der Waals surface area contributed by atoms with Gasteiger partial charge in [-0.25, -0.2) is 9.18 Å². The lowest BCUT2D eigenvalue weighted by atomic mass is 9.77. The van der Waals surface area contributed by atoms with Gasteiger partial charge in [0.25, 0.3) is 0 Å². The van der Waals surface area contributed by atoms with Crippen LogP contribution in [0.15, 0.2) is 42.6 Å². The molecule has 0 saturated carbocycles. The number of likely N-dealkylation sites (tertiary alicyclic amines) is 1. The summed E-state index contributed by atoms with van der Waals surface area (Å²) in [5.41, 5.74) is 0.576. The van der Waals surface area contributed by atoms with Gasteiger partial charge in [0.2, 0.25) is 5.91 Å². The third-order valence-electron chi connectivity index (χ3n) is 8.21. The highest BCUT2D eigenvalue weighted by molar-refractivity contribution is 6.31. The Balaban J connectivity index is 1.20. The molecule has 0 aliphatic carbocycles. The Morgan fingerprint density at radius 3 is 2.65 bits per heavy atom. The maximum atomic E-state index is 16.0. The van der Waals surface area contributed by atoms with Crippen LogP contribution < -0.4 is 10.2 Å². The number of urea groups is 1. The van der Waals surface area contributed by atoms with Crippen molar-refractivity contribution < 1.29 is 28.9 Å². The molecule has 6 rings (SSSR count). The highest BCUT2D eigenvalue weighted by atomic mass is 35.5. The third-order valence-corrected chi connectivity index (χ3v) is 8.52. The minimum absolute atomic E-state index is 0.154. The van der Waals surface area contributed by atoms with Crippen LogP contribution in [-0.4, -0.2) is 70.5 Å². The van der Waals surface area contributed by atoms with Crippen LogP contribution in [0.5, 0.6) is 0 Å². The Bertz CT molecular complexity index is 1510.